The lowest BCUT2D eigenvalue weighted by Crippen LogP contribution is -2.19. The Bertz CT molecular complexity index is 496. The molecule has 1 heterocycles. The lowest BCUT2D eigenvalue weighted by atomic mass is 10.1. The Morgan fingerprint density at radius 2 is 2.19 bits per heavy atom. The van der Waals surface area contributed by atoms with Crippen molar-refractivity contribution in [2.24, 2.45) is 0 Å². The normalized spacial score (nSPS) is 20.1. The van der Waals surface area contributed by atoms with Crippen molar-refractivity contribution in [1.82, 2.24) is 5.32 Å². The standard InChI is InChI=1S/C11H15NO3S/c1-12-11(13)9-4-5-10-8(7-9)3-2-6-16(10,14)15/h4-5,7,11-13H,2-3,6H2,1H3. The highest BCUT2D eigenvalue weighted by molar-refractivity contribution is 7.91. The van der Waals surface area contributed by atoms with Crippen LogP contribution in [-0.2, 0) is 16.3 Å². The molecule has 0 radical (unpaired) electrons. The highest BCUT2D eigenvalue weighted by atomic mass is 32.2. The number of sulfone groups is 1. The van der Waals surface area contributed by atoms with Gasteiger partial charge in [0.15, 0.2) is 9.84 Å². The first kappa shape index (κ1) is 11.6. The van der Waals surface area contributed by atoms with Crippen LogP contribution in [0.3, 0.4) is 0 Å². The van der Waals surface area contributed by atoms with E-state index in [4.69, 9.17) is 0 Å². The Kier molecular flexibility index (Phi) is 3.01. The molecule has 2 rings (SSSR count). The molecule has 0 fully saturated rings. The average Bonchev–Trinajstić information content (AvgIpc) is 2.27. The number of benzene rings is 1. The van der Waals surface area contributed by atoms with E-state index >= 15 is 0 Å². The van der Waals surface area contributed by atoms with Crippen molar-refractivity contribution in [3.05, 3.63) is 29.3 Å². The molecule has 0 saturated carbocycles. The largest absolute Gasteiger partial charge is 0.374 e. The molecule has 1 aliphatic heterocycles. The summed E-state index contributed by atoms with van der Waals surface area (Å²) >= 11 is 0. The molecule has 1 aromatic rings. The zero-order chi connectivity index (χ0) is 11.8. The summed E-state index contributed by atoms with van der Waals surface area (Å²) in [6.07, 6.45) is 0.683. The van der Waals surface area contributed by atoms with Gasteiger partial charge in [-0.05, 0) is 37.1 Å². The highest BCUT2D eigenvalue weighted by Gasteiger charge is 2.23. The van der Waals surface area contributed by atoms with Gasteiger partial charge in [0.2, 0.25) is 0 Å². The summed E-state index contributed by atoms with van der Waals surface area (Å²) in [4.78, 5) is 0.422. The van der Waals surface area contributed by atoms with Crippen molar-refractivity contribution in [1.29, 1.82) is 0 Å². The maximum Gasteiger partial charge on any atom is 0.178 e. The summed E-state index contributed by atoms with van der Waals surface area (Å²) in [5.74, 6) is 0.230. The van der Waals surface area contributed by atoms with Crippen molar-refractivity contribution in [2.45, 2.75) is 24.0 Å². The molecule has 0 aromatic heterocycles. The quantitative estimate of drug-likeness (QED) is 0.745. The number of fused-ring (bicyclic) bond motifs is 1. The van der Waals surface area contributed by atoms with Crippen LogP contribution < -0.4 is 5.32 Å². The smallest absolute Gasteiger partial charge is 0.178 e. The average molecular weight is 241 g/mol. The molecule has 0 saturated heterocycles. The molecular formula is C11H15NO3S. The molecule has 0 spiro atoms. The van der Waals surface area contributed by atoms with Crippen LogP contribution in [0.2, 0.25) is 0 Å². The molecule has 0 amide bonds. The Morgan fingerprint density at radius 1 is 1.44 bits per heavy atom. The van der Waals surface area contributed by atoms with Gasteiger partial charge in [-0.2, -0.15) is 0 Å². The van der Waals surface area contributed by atoms with Gasteiger partial charge in [-0.25, -0.2) is 8.42 Å². The molecule has 1 aromatic carbocycles. The monoisotopic (exact) mass is 241 g/mol. The van der Waals surface area contributed by atoms with Gasteiger partial charge in [-0.15, -0.1) is 0 Å². The summed E-state index contributed by atoms with van der Waals surface area (Å²) < 4.78 is 23.5. The molecule has 1 unspecified atom stereocenters. The van der Waals surface area contributed by atoms with E-state index in [-0.39, 0.29) is 5.75 Å². The SMILES string of the molecule is CNC(O)c1ccc2c(c1)CCCS2(=O)=O. The van der Waals surface area contributed by atoms with Gasteiger partial charge < -0.3 is 5.11 Å². The second-order valence-electron chi connectivity index (χ2n) is 3.98. The van der Waals surface area contributed by atoms with E-state index in [0.717, 1.165) is 12.0 Å². The number of aliphatic hydroxyl groups excluding tert-OH is 1. The second kappa shape index (κ2) is 4.16. The molecule has 5 heteroatoms. The number of aryl methyl sites for hydroxylation is 1. The fourth-order valence-corrected chi connectivity index (χ4v) is 3.58. The molecule has 4 nitrogen and oxygen atoms in total. The lowest BCUT2D eigenvalue weighted by Gasteiger charge is -2.18. The zero-order valence-electron chi connectivity index (χ0n) is 9.10. The number of hydrogen-bond acceptors (Lipinski definition) is 4. The molecular weight excluding hydrogens is 226 g/mol. The number of aliphatic hydroxyl groups is 1. The van der Waals surface area contributed by atoms with E-state index in [1.165, 1.54) is 0 Å². The second-order valence-corrected chi connectivity index (χ2v) is 6.06. The summed E-state index contributed by atoms with van der Waals surface area (Å²) in [5, 5.41) is 12.3. The van der Waals surface area contributed by atoms with Crippen molar-refractivity contribution >= 4 is 9.84 Å². The van der Waals surface area contributed by atoms with Crippen LogP contribution in [0, 0.1) is 0 Å². The van der Waals surface area contributed by atoms with Crippen LogP contribution in [0.1, 0.15) is 23.8 Å². The lowest BCUT2D eigenvalue weighted by molar-refractivity contribution is 0.149. The summed E-state index contributed by atoms with van der Waals surface area (Å²) in [6, 6.07) is 5.02. The van der Waals surface area contributed by atoms with Crippen molar-refractivity contribution < 1.29 is 13.5 Å². The first-order chi connectivity index (χ1) is 7.54. The Morgan fingerprint density at radius 3 is 2.88 bits per heavy atom. The van der Waals surface area contributed by atoms with Crippen LogP contribution in [0.5, 0.6) is 0 Å². The topological polar surface area (TPSA) is 66.4 Å². The number of hydrogen-bond donors (Lipinski definition) is 2. The van der Waals surface area contributed by atoms with E-state index in [0.29, 0.717) is 16.9 Å². The Balaban J connectivity index is 2.48. The van der Waals surface area contributed by atoms with Crippen LogP contribution in [0.25, 0.3) is 0 Å². The molecule has 0 aliphatic carbocycles. The van der Waals surface area contributed by atoms with Gasteiger partial charge in [0.05, 0.1) is 10.6 Å². The number of nitrogens with one attached hydrogen (secondary N) is 1. The molecule has 88 valence electrons. The maximum absolute atomic E-state index is 11.7. The van der Waals surface area contributed by atoms with E-state index in [1.807, 2.05) is 0 Å². The van der Waals surface area contributed by atoms with Crippen LogP contribution in [0.4, 0.5) is 0 Å². The minimum atomic E-state index is -3.09. The van der Waals surface area contributed by atoms with Crippen LogP contribution in [0.15, 0.2) is 23.1 Å². The summed E-state index contributed by atoms with van der Waals surface area (Å²) in [7, 11) is -1.44. The predicted octanol–water partition coefficient (Wildman–Crippen LogP) is 0.617. The van der Waals surface area contributed by atoms with Gasteiger partial charge in [0.25, 0.3) is 0 Å². The third-order valence-corrected chi connectivity index (χ3v) is 4.76. The highest BCUT2D eigenvalue weighted by Crippen LogP contribution is 2.27. The van der Waals surface area contributed by atoms with Gasteiger partial charge in [0.1, 0.15) is 6.23 Å². The minimum absolute atomic E-state index is 0.230. The molecule has 0 bridgehead atoms. The Hall–Kier alpha value is -0.910. The van der Waals surface area contributed by atoms with E-state index < -0.39 is 16.1 Å². The van der Waals surface area contributed by atoms with Crippen molar-refractivity contribution in [3.8, 4) is 0 Å². The molecule has 1 atom stereocenters. The van der Waals surface area contributed by atoms with Crippen LogP contribution in [-0.4, -0.2) is 26.3 Å². The van der Waals surface area contributed by atoms with Crippen molar-refractivity contribution in [2.75, 3.05) is 12.8 Å². The third-order valence-electron chi connectivity index (χ3n) is 2.87. The summed E-state index contributed by atoms with van der Waals surface area (Å²) in [6.45, 7) is 0. The zero-order valence-corrected chi connectivity index (χ0v) is 9.92. The minimum Gasteiger partial charge on any atom is -0.374 e. The van der Waals surface area contributed by atoms with E-state index in [9.17, 15) is 13.5 Å². The maximum atomic E-state index is 11.7. The fourth-order valence-electron chi connectivity index (χ4n) is 2.00. The molecule has 2 N–H and O–H groups in total. The van der Waals surface area contributed by atoms with Gasteiger partial charge in [0, 0.05) is 0 Å². The third kappa shape index (κ3) is 1.98. The van der Waals surface area contributed by atoms with E-state index in [1.54, 1.807) is 25.2 Å². The number of rotatable bonds is 2. The van der Waals surface area contributed by atoms with Gasteiger partial charge in [-0.1, -0.05) is 12.1 Å². The van der Waals surface area contributed by atoms with Crippen molar-refractivity contribution in [3.63, 3.8) is 0 Å². The predicted molar refractivity (Wildman–Crippen MR) is 60.8 cm³/mol. The first-order valence-electron chi connectivity index (χ1n) is 5.25. The fraction of sp³-hybridized carbons (Fsp3) is 0.455. The van der Waals surface area contributed by atoms with E-state index in [2.05, 4.69) is 5.32 Å². The molecule has 16 heavy (non-hydrogen) atoms. The van der Waals surface area contributed by atoms with Crippen LogP contribution >= 0.6 is 0 Å². The summed E-state index contributed by atoms with van der Waals surface area (Å²) in [5.41, 5.74) is 1.52. The van der Waals surface area contributed by atoms with Gasteiger partial charge >= 0.3 is 0 Å². The van der Waals surface area contributed by atoms with Gasteiger partial charge in [-0.3, -0.25) is 5.32 Å². The first-order valence-corrected chi connectivity index (χ1v) is 6.91. The Labute approximate surface area is 95.2 Å². The molecule has 1 aliphatic rings.